The molecule has 2 aliphatic carbocycles. The van der Waals surface area contributed by atoms with Gasteiger partial charge in [-0.25, -0.2) is 13.6 Å². The summed E-state index contributed by atoms with van der Waals surface area (Å²) < 4.78 is 26.6. The van der Waals surface area contributed by atoms with Crippen LogP contribution in [0, 0.1) is 11.8 Å². The lowest BCUT2D eigenvalue weighted by Gasteiger charge is -2.30. The van der Waals surface area contributed by atoms with Crippen LogP contribution in [0.4, 0.5) is 13.6 Å². The van der Waals surface area contributed by atoms with Crippen LogP contribution in [0.5, 0.6) is 0 Å². The molecule has 2 amide bonds. The van der Waals surface area contributed by atoms with Gasteiger partial charge in [-0.2, -0.15) is 0 Å². The molecule has 0 spiro atoms. The first-order valence-electron chi connectivity index (χ1n) is 8.01. The molecule has 0 heterocycles. The summed E-state index contributed by atoms with van der Waals surface area (Å²) in [5.41, 5.74) is 0. The summed E-state index contributed by atoms with van der Waals surface area (Å²) in [7, 11) is 0. The number of carboxylic acid groups (broad SMARTS) is 1. The Balaban J connectivity index is 1.65. The van der Waals surface area contributed by atoms with E-state index in [4.69, 9.17) is 5.11 Å². The Morgan fingerprint density at radius 2 is 1.82 bits per heavy atom. The van der Waals surface area contributed by atoms with Gasteiger partial charge in [-0.05, 0) is 44.4 Å². The first-order chi connectivity index (χ1) is 10.4. The highest BCUT2D eigenvalue weighted by Crippen LogP contribution is 2.36. The predicted octanol–water partition coefficient (Wildman–Crippen LogP) is 2.75. The van der Waals surface area contributed by atoms with Gasteiger partial charge in [0.05, 0.1) is 5.92 Å². The van der Waals surface area contributed by atoms with Gasteiger partial charge in [-0.3, -0.25) is 4.79 Å². The van der Waals surface area contributed by atoms with Gasteiger partial charge in [0.2, 0.25) is 5.92 Å². The summed E-state index contributed by atoms with van der Waals surface area (Å²) in [6.07, 6.45) is 3.43. The van der Waals surface area contributed by atoms with E-state index in [9.17, 15) is 18.4 Å². The van der Waals surface area contributed by atoms with Crippen molar-refractivity contribution in [3.05, 3.63) is 0 Å². The standard InChI is InChI=1S/C15H24F2N2O3/c16-15(17)7-1-2-10(8-15)9-18-14(22)19-12-5-3-11(4-6-12)13(20)21/h10-12H,1-9H2,(H,20,21)(H2,18,19,22). The molecule has 0 aliphatic heterocycles. The normalized spacial score (nSPS) is 31.3. The lowest BCUT2D eigenvalue weighted by molar-refractivity contribution is -0.142. The number of rotatable bonds is 4. The molecule has 22 heavy (non-hydrogen) atoms. The van der Waals surface area contributed by atoms with Gasteiger partial charge < -0.3 is 15.7 Å². The maximum atomic E-state index is 13.3. The quantitative estimate of drug-likeness (QED) is 0.746. The minimum absolute atomic E-state index is 0.0246. The molecule has 0 aromatic rings. The van der Waals surface area contributed by atoms with Crippen LogP contribution in [0.3, 0.4) is 0 Å². The van der Waals surface area contributed by atoms with E-state index in [-0.39, 0.29) is 43.3 Å². The second-order valence-corrected chi connectivity index (χ2v) is 6.56. The molecule has 0 saturated heterocycles. The molecule has 2 rings (SSSR count). The molecule has 0 radical (unpaired) electrons. The topological polar surface area (TPSA) is 78.4 Å². The molecule has 2 aliphatic rings. The molecule has 1 atom stereocenters. The fourth-order valence-corrected chi connectivity index (χ4v) is 3.41. The number of carbonyl (C=O) groups excluding carboxylic acids is 1. The highest BCUT2D eigenvalue weighted by Gasteiger charge is 2.36. The largest absolute Gasteiger partial charge is 0.481 e. The lowest BCUT2D eigenvalue weighted by atomic mass is 9.86. The number of nitrogens with one attached hydrogen (secondary N) is 2. The maximum absolute atomic E-state index is 13.3. The highest BCUT2D eigenvalue weighted by molar-refractivity contribution is 5.74. The molecule has 0 aromatic heterocycles. The fourth-order valence-electron chi connectivity index (χ4n) is 3.41. The summed E-state index contributed by atoms with van der Waals surface area (Å²) in [5.74, 6) is -3.86. The van der Waals surface area contributed by atoms with Crippen molar-refractivity contribution in [2.75, 3.05) is 6.54 Å². The number of aliphatic carboxylic acids is 1. The molecule has 0 aromatic carbocycles. The number of urea groups is 1. The van der Waals surface area contributed by atoms with E-state index in [1.807, 2.05) is 0 Å². The summed E-state index contributed by atoms with van der Waals surface area (Å²) in [6, 6.07) is -0.365. The van der Waals surface area contributed by atoms with Crippen LogP contribution in [0.25, 0.3) is 0 Å². The van der Waals surface area contributed by atoms with Crippen LogP contribution in [0.1, 0.15) is 51.4 Å². The lowest BCUT2D eigenvalue weighted by Crippen LogP contribution is -2.46. The fraction of sp³-hybridized carbons (Fsp3) is 0.867. The molecule has 2 fully saturated rings. The summed E-state index contributed by atoms with van der Waals surface area (Å²) in [4.78, 5) is 22.7. The minimum atomic E-state index is -2.60. The molecule has 7 heteroatoms. The van der Waals surface area contributed by atoms with E-state index in [1.165, 1.54) is 0 Å². The van der Waals surface area contributed by atoms with E-state index in [0.717, 1.165) is 6.42 Å². The zero-order chi connectivity index (χ0) is 16.2. The van der Waals surface area contributed by atoms with Crippen LogP contribution in [-0.2, 0) is 4.79 Å². The maximum Gasteiger partial charge on any atom is 0.315 e. The second-order valence-electron chi connectivity index (χ2n) is 6.56. The highest BCUT2D eigenvalue weighted by atomic mass is 19.3. The Morgan fingerprint density at radius 3 is 2.41 bits per heavy atom. The van der Waals surface area contributed by atoms with Crippen molar-refractivity contribution in [3.8, 4) is 0 Å². The van der Waals surface area contributed by atoms with Gasteiger partial charge in [-0.1, -0.05) is 0 Å². The molecular weight excluding hydrogens is 294 g/mol. The second kappa shape index (κ2) is 7.24. The van der Waals surface area contributed by atoms with Crippen LogP contribution in [0.2, 0.25) is 0 Å². The predicted molar refractivity (Wildman–Crippen MR) is 76.8 cm³/mol. The third kappa shape index (κ3) is 5.10. The number of carbonyl (C=O) groups is 2. The van der Waals surface area contributed by atoms with Crippen molar-refractivity contribution in [1.82, 2.24) is 10.6 Å². The van der Waals surface area contributed by atoms with Crippen LogP contribution >= 0.6 is 0 Å². The number of hydrogen-bond acceptors (Lipinski definition) is 2. The van der Waals surface area contributed by atoms with Crippen molar-refractivity contribution in [2.45, 2.75) is 63.3 Å². The molecule has 5 nitrogen and oxygen atoms in total. The Labute approximate surface area is 128 Å². The molecule has 2 saturated carbocycles. The summed E-state index contributed by atoms with van der Waals surface area (Å²) >= 11 is 0. The van der Waals surface area contributed by atoms with Crippen LogP contribution < -0.4 is 10.6 Å². The minimum Gasteiger partial charge on any atom is -0.481 e. The number of halogens is 2. The molecule has 1 unspecified atom stereocenters. The van der Waals surface area contributed by atoms with Crippen molar-refractivity contribution >= 4 is 12.0 Å². The van der Waals surface area contributed by atoms with E-state index in [2.05, 4.69) is 10.6 Å². The average molecular weight is 318 g/mol. The Morgan fingerprint density at radius 1 is 1.14 bits per heavy atom. The van der Waals surface area contributed by atoms with Crippen molar-refractivity contribution in [2.24, 2.45) is 11.8 Å². The zero-order valence-electron chi connectivity index (χ0n) is 12.6. The van der Waals surface area contributed by atoms with Gasteiger partial charge in [0, 0.05) is 25.4 Å². The van der Waals surface area contributed by atoms with E-state index in [1.54, 1.807) is 0 Å². The summed E-state index contributed by atoms with van der Waals surface area (Å²) in [5, 5.41) is 14.4. The first kappa shape index (κ1) is 17.0. The number of alkyl halides is 2. The van der Waals surface area contributed by atoms with Crippen molar-refractivity contribution in [1.29, 1.82) is 0 Å². The van der Waals surface area contributed by atoms with Gasteiger partial charge in [0.1, 0.15) is 0 Å². The van der Waals surface area contributed by atoms with E-state index >= 15 is 0 Å². The third-order valence-electron chi connectivity index (χ3n) is 4.71. The number of carboxylic acids is 1. The molecule has 3 N–H and O–H groups in total. The van der Waals surface area contributed by atoms with Gasteiger partial charge >= 0.3 is 12.0 Å². The van der Waals surface area contributed by atoms with Gasteiger partial charge in [0.15, 0.2) is 0 Å². The van der Waals surface area contributed by atoms with Gasteiger partial charge in [0.25, 0.3) is 0 Å². The molecular formula is C15H24F2N2O3. The van der Waals surface area contributed by atoms with Crippen molar-refractivity contribution < 1.29 is 23.5 Å². The van der Waals surface area contributed by atoms with Crippen molar-refractivity contribution in [3.63, 3.8) is 0 Å². The Kier molecular flexibility index (Phi) is 5.58. The average Bonchev–Trinajstić information content (AvgIpc) is 2.45. The van der Waals surface area contributed by atoms with Gasteiger partial charge in [-0.15, -0.1) is 0 Å². The smallest absolute Gasteiger partial charge is 0.315 e. The third-order valence-corrected chi connectivity index (χ3v) is 4.71. The monoisotopic (exact) mass is 318 g/mol. The number of hydrogen-bond donors (Lipinski definition) is 3. The first-order valence-corrected chi connectivity index (χ1v) is 8.01. The van der Waals surface area contributed by atoms with E-state index < -0.39 is 11.9 Å². The summed E-state index contributed by atoms with van der Waals surface area (Å²) in [6.45, 7) is 0.270. The Hall–Kier alpha value is -1.40. The molecule has 126 valence electrons. The van der Waals surface area contributed by atoms with Crippen LogP contribution in [-0.4, -0.2) is 35.6 Å². The van der Waals surface area contributed by atoms with Crippen LogP contribution in [0.15, 0.2) is 0 Å². The zero-order valence-corrected chi connectivity index (χ0v) is 12.6. The van der Waals surface area contributed by atoms with E-state index in [0.29, 0.717) is 32.1 Å². The number of amides is 2. The SMILES string of the molecule is O=C(NCC1CCCC(F)(F)C1)NC1CCC(C(=O)O)CC1. The Bertz CT molecular complexity index is 410. The molecule has 0 bridgehead atoms.